The Labute approximate surface area is 220 Å². The van der Waals surface area contributed by atoms with Crippen molar-refractivity contribution in [3.63, 3.8) is 0 Å². The van der Waals surface area contributed by atoms with E-state index in [1.165, 1.54) is 39.2 Å². The van der Waals surface area contributed by atoms with Crippen LogP contribution in [0.1, 0.15) is 60.0 Å². The molecule has 0 aliphatic heterocycles. The molecule has 1 amide bonds. The average molecular weight is 530 g/mol. The number of hydrogen-bond donors (Lipinski definition) is 1. The van der Waals surface area contributed by atoms with Crippen LogP contribution in [0.15, 0.2) is 42.5 Å². The Balaban J connectivity index is 1.90. The predicted molar refractivity (Wildman–Crippen MR) is 152 cm³/mol. The lowest BCUT2D eigenvalue weighted by Crippen LogP contribution is -2.42. The van der Waals surface area contributed by atoms with Crippen LogP contribution in [0, 0.1) is 12.8 Å². The van der Waals surface area contributed by atoms with Crippen molar-refractivity contribution in [1.82, 2.24) is 5.32 Å². The molecule has 0 saturated heterocycles. The Morgan fingerprint density at radius 1 is 1.11 bits per heavy atom. The lowest BCUT2D eigenvalue weighted by Gasteiger charge is -2.25. The summed E-state index contributed by atoms with van der Waals surface area (Å²) in [6.45, 7) is 3.95. The lowest BCUT2D eigenvalue weighted by molar-refractivity contribution is -0.142. The number of aryl methyl sites for hydroxylation is 1. The largest absolute Gasteiger partial charge is 0.467 e. The fourth-order valence-electron chi connectivity index (χ4n) is 5.22. The summed E-state index contributed by atoms with van der Waals surface area (Å²) in [7, 11) is -1.02. The number of carbonyl (C=O) groups is 2. The van der Waals surface area contributed by atoms with Crippen molar-refractivity contribution >= 4 is 30.8 Å². The van der Waals surface area contributed by atoms with Crippen molar-refractivity contribution in [3.8, 4) is 11.1 Å². The number of amides is 1. The van der Waals surface area contributed by atoms with E-state index in [2.05, 4.69) is 5.32 Å². The molecule has 1 aliphatic carbocycles. The second-order valence-corrected chi connectivity index (χ2v) is 14.4. The van der Waals surface area contributed by atoms with Crippen LogP contribution in [-0.2, 0) is 20.3 Å². The molecule has 7 heteroatoms. The van der Waals surface area contributed by atoms with Crippen molar-refractivity contribution in [2.75, 3.05) is 31.9 Å². The van der Waals surface area contributed by atoms with Crippen molar-refractivity contribution in [2.45, 2.75) is 57.7 Å². The van der Waals surface area contributed by atoms with Crippen LogP contribution in [0.25, 0.3) is 11.1 Å². The van der Waals surface area contributed by atoms with Gasteiger partial charge in [0.1, 0.15) is 6.04 Å². The molecule has 36 heavy (non-hydrogen) atoms. The van der Waals surface area contributed by atoms with E-state index in [1.54, 1.807) is 11.8 Å². The van der Waals surface area contributed by atoms with E-state index in [-0.39, 0.29) is 5.91 Å². The molecular weight excluding hydrogens is 489 g/mol. The fraction of sp³-hybridized carbons (Fsp3) is 0.517. The van der Waals surface area contributed by atoms with E-state index in [0.29, 0.717) is 24.1 Å². The van der Waals surface area contributed by atoms with E-state index in [1.807, 2.05) is 62.3 Å². The van der Waals surface area contributed by atoms with Gasteiger partial charge in [0.05, 0.1) is 14.3 Å². The molecule has 0 aromatic heterocycles. The zero-order chi connectivity index (χ0) is 26.1. The molecule has 2 aromatic carbocycles. The molecule has 1 aliphatic rings. The minimum Gasteiger partial charge on any atom is -0.467 e. The van der Waals surface area contributed by atoms with Gasteiger partial charge in [-0.15, -0.1) is 0 Å². The van der Waals surface area contributed by atoms with Gasteiger partial charge < -0.3 is 14.6 Å². The minimum atomic E-state index is -2.36. The highest BCUT2D eigenvalue weighted by molar-refractivity contribution is 7.98. The second kappa shape index (κ2) is 13.5. The van der Waals surface area contributed by atoms with Gasteiger partial charge in [-0.25, -0.2) is 4.79 Å². The van der Waals surface area contributed by atoms with Gasteiger partial charge in [0.15, 0.2) is 0 Å². The van der Waals surface area contributed by atoms with Crippen molar-refractivity contribution in [1.29, 1.82) is 0 Å². The Hall–Kier alpha value is -2.04. The molecule has 0 radical (unpaired) electrons. The summed E-state index contributed by atoms with van der Waals surface area (Å²) in [6, 6.07) is 13.0. The van der Waals surface area contributed by atoms with E-state index < -0.39 is 19.2 Å². The van der Waals surface area contributed by atoms with Gasteiger partial charge in [0.25, 0.3) is 5.91 Å². The Morgan fingerprint density at radius 3 is 2.50 bits per heavy atom. The van der Waals surface area contributed by atoms with Gasteiger partial charge in [0.2, 0.25) is 0 Å². The summed E-state index contributed by atoms with van der Waals surface area (Å²) in [6.07, 6.45) is 9.94. The molecule has 2 atom stereocenters. The highest BCUT2D eigenvalue weighted by Crippen LogP contribution is 2.49. The van der Waals surface area contributed by atoms with Gasteiger partial charge in [-0.3, -0.25) is 4.79 Å². The predicted octanol–water partition coefficient (Wildman–Crippen LogP) is 6.76. The smallest absolute Gasteiger partial charge is 0.328 e. The Kier molecular flexibility index (Phi) is 10.7. The molecule has 3 rings (SSSR count). The van der Waals surface area contributed by atoms with Crippen LogP contribution in [0.2, 0.25) is 0 Å². The second-order valence-electron chi connectivity index (χ2n) is 10.2. The minimum absolute atomic E-state index is 0.307. The van der Waals surface area contributed by atoms with Crippen LogP contribution in [-0.4, -0.2) is 49.9 Å². The van der Waals surface area contributed by atoms with E-state index in [4.69, 9.17) is 4.74 Å². The van der Waals surface area contributed by atoms with Crippen molar-refractivity contribution in [3.05, 3.63) is 59.2 Å². The zero-order valence-corrected chi connectivity index (χ0v) is 23.8. The van der Waals surface area contributed by atoms with Gasteiger partial charge in [-0.05, 0) is 72.3 Å². The van der Waals surface area contributed by atoms with Gasteiger partial charge >= 0.3 is 5.97 Å². The van der Waals surface area contributed by atoms with E-state index >= 15 is 0 Å². The maximum atomic E-state index is 13.6. The molecule has 1 fully saturated rings. The van der Waals surface area contributed by atoms with Gasteiger partial charge in [-0.2, -0.15) is 11.8 Å². The Morgan fingerprint density at radius 2 is 1.83 bits per heavy atom. The normalized spacial score (nSPS) is 16.7. The number of carbonyl (C=O) groups excluding carboxylic acids is 2. The van der Waals surface area contributed by atoms with Crippen LogP contribution >= 0.6 is 18.9 Å². The van der Waals surface area contributed by atoms with Gasteiger partial charge in [0, 0.05) is 17.9 Å². The fourth-order valence-corrected chi connectivity index (χ4v) is 8.24. The first kappa shape index (κ1) is 28.5. The summed E-state index contributed by atoms with van der Waals surface area (Å²) < 4.78 is 18.5. The summed E-state index contributed by atoms with van der Waals surface area (Å²) in [5, 5.41) is 2.89. The monoisotopic (exact) mass is 529 g/mol. The third-order valence-corrected chi connectivity index (χ3v) is 10.0. The summed E-state index contributed by atoms with van der Waals surface area (Å²) in [4.78, 5) is 25.7. The molecular formula is C29H40NO4PS. The first-order valence-electron chi connectivity index (χ1n) is 12.9. The molecule has 0 heterocycles. The first-order valence-corrected chi connectivity index (χ1v) is 16.8. The lowest BCUT2D eigenvalue weighted by atomic mass is 9.91. The topological polar surface area (TPSA) is 72.5 Å². The standard InChI is InChI=1S/C29H40NO4PS/c1-21-10-8-9-13-24(21)26-18-23(20-35(3,33)19-22-11-6-5-7-12-22)14-15-25(26)28(31)30-27(16-17-36-4)29(32)34-2/h8-10,13-15,18,22,27H,5-7,11-12,16-17,19-20H2,1-4H3,(H,30,31)/t27-,35?/m0/s1. The van der Waals surface area contributed by atoms with E-state index in [0.717, 1.165) is 34.2 Å². The number of methoxy groups -OCH3 is 1. The third kappa shape index (κ3) is 7.98. The number of nitrogens with one attached hydrogen (secondary N) is 1. The molecule has 196 valence electrons. The number of thioether (sulfide) groups is 1. The number of benzene rings is 2. The first-order chi connectivity index (χ1) is 17.2. The molecule has 1 saturated carbocycles. The van der Waals surface area contributed by atoms with Crippen molar-refractivity contribution in [2.24, 2.45) is 5.92 Å². The average Bonchev–Trinajstić information content (AvgIpc) is 2.86. The molecule has 2 aromatic rings. The van der Waals surface area contributed by atoms with Crippen LogP contribution < -0.4 is 5.32 Å². The summed E-state index contributed by atoms with van der Waals surface area (Å²) in [5.41, 5.74) is 4.30. The van der Waals surface area contributed by atoms with Crippen LogP contribution in [0.4, 0.5) is 0 Å². The molecule has 1 unspecified atom stereocenters. The number of hydrogen-bond acceptors (Lipinski definition) is 5. The highest BCUT2D eigenvalue weighted by Gasteiger charge is 2.26. The number of esters is 1. The maximum Gasteiger partial charge on any atom is 0.328 e. The third-order valence-electron chi connectivity index (χ3n) is 7.05. The number of rotatable bonds is 11. The van der Waals surface area contributed by atoms with E-state index in [9.17, 15) is 14.2 Å². The maximum absolute atomic E-state index is 13.6. The van der Waals surface area contributed by atoms with Crippen LogP contribution in [0.3, 0.4) is 0 Å². The zero-order valence-electron chi connectivity index (χ0n) is 22.0. The van der Waals surface area contributed by atoms with Crippen LogP contribution in [0.5, 0.6) is 0 Å². The summed E-state index contributed by atoms with van der Waals surface area (Å²) >= 11 is 1.62. The molecule has 1 N–H and O–H groups in total. The molecule has 0 spiro atoms. The Bertz CT molecular complexity index is 1100. The quantitative estimate of drug-likeness (QED) is 0.257. The highest BCUT2D eigenvalue weighted by atomic mass is 32.2. The molecule has 5 nitrogen and oxygen atoms in total. The van der Waals surface area contributed by atoms with Crippen molar-refractivity contribution < 1.29 is 18.9 Å². The van der Waals surface area contributed by atoms with Gasteiger partial charge in [-0.1, -0.05) is 62.4 Å². The SMILES string of the molecule is COC(=O)[C@H](CCSC)NC(=O)c1ccc(CP(C)(=O)CC2CCCCC2)cc1-c1ccccc1C. The molecule has 0 bridgehead atoms. The number of ether oxygens (including phenoxy) is 1. The summed E-state index contributed by atoms with van der Waals surface area (Å²) in [5.74, 6) is 0.544.